The Kier molecular flexibility index (Phi) is 31.1. The Hall–Kier alpha value is -2.22. The molecule has 0 radical (unpaired) electrons. The second kappa shape index (κ2) is 32.7. The number of carbonyl (C=O) groups excluding carboxylic acids is 2. The summed E-state index contributed by atoms with van der Waals surface area (Å²) in [6.45, 7) is 6.23. The van der Waals surface area contributed by atoms with Crippen molar-refractivity contribution in [3.63, 3.8) is 0 Å². The highest BCUT2D eigenvalue weighted by atomic mass is 16.6. The van der Waals surface area contributed by atoms with Crippen molar-refractivity contribution >= 4 is 11.9 Å². The molecule has 0 aliphatic rings. The third kappa shape index (κ3) is 31.7. The molecule has 0 fully saturated rings. The zero-order chi connectivity index (χ0) is 34.1. The molecule has 0 spiro atoms. The Balaban J connectivity index is 3.73. The Bertz CT molecular complexity index is 830. The van der Waals surface area contributed by atoms with Crippen LogP contribution in [-0.4, -0.2) is 58.8 Å². The van der Waals surface area contributed by atoms with Crippen LogP contribution in [0.5, 0.6) is 0 Å². The summed E-state index contributed by atoms with van der Waals surface area (Å²) >= 11 is 0. The Morgan fingerprint density at radius 3 is 1.48 bits per heavy atom. The van der Waals surface area contributed by atoms with E-state index in [-0.39, 0.29) is 32.0 Å². The number of aliphatic hydroxyl groups is 3. The highest BCUT2D eigenvalue weighted by molar-refractivity contribution is 5.69. The van der Waals surface area contributed by atoms with Gasteiger partial charge in [0.05, 0.1) is 12.2 Å². The van der Waals surface area contributed by atoms with Gasteiger partial charge in [0, 0.05) is 12.8 Å². The summed E-state index contributed by atoms with van der Waals surface area (Å²) in [5, 5.41) is 30.3. The summed E-state index contributed by atoms with van der Waals surface area (Å²) < 4.78 is 10.2. The molecule has 3 N–H and O–H groups in total. The first kappa shape index (κ1) is 43.8. The molecule has 0 aliphatic carbocycles. The van der Waals surface area contributed by atoms with Crippen LogP contribution in [0.4, 0.5) is 0 Å². The predicted octanol–water partition coefficient (Wildman–Crippen LogP) is 8.86. The van der Waals surface area contributed by atoms with Gasteiger partial charge in [0.1, 0.15) is 19.3 Å². The minimum absolute atomic E-state index is 0.0680. The number of allylic oxidation sites excluding steroid dienone is 7. The van der Waals surface area contributed by atoms with Crippen LogP contribution in [0.25, 0.3) is 0 Å². The van der Waals surface area contributed by atoms with Crippen molar-refractivity contribution in [1.29, 1.82) is 0 Å². The van der Waals surface area contributed by atoms with Gasteiger partial charge >= 0.3 is 11.9 Å². The van der Waals surface area contributed by atoms with Gasteiger partial charge in [0.25, 0.3) is 0 Å². The first-order valence-electron chi connectivity index (χ1n) is 18.2. The highest BCUT2D eigenvalue weighted by Crippen LogP contribution is 2.14. The number of carbonyl (C=O) groups is 2. The monoisotopic (exact) mass is 648 g/mol. The van der Waals surface area contributed by atoms with E-state index in [0.717, 1.165) is 50.9 Å². The van der Waals surface area contributed by atoms with Crippen LogP contribution in [0.3, 0.4) is 0 Å². The molecule has 0 aromatic carbocycles. The van der Waals surface area contributed by atoms with E-state index in [0.29, 0.717) is 19.3 Å². The summed E-state index contributed by atoms with van der Waals surface area (Å²) in [6, 6.07) is 0. The van der Waals surface area contributed by atoms with Gasteiger partial charge in [-0.15, -0.1) is 0 Å². The normalized spacial score (nSPS) is 14.2. The van der Waals surface area contributed by atoms with E-state index in [4.69, 9.17) is 9.47 Å². The third-order valence-electron chi connectivity index (χ3n) is 7.71. The molecule has 0 saturated carbocycles. The van der Waals surface area contributed by atoms with E-state index in [1.165, 1.54) is 51.4 Å². The zero-order valence-electron chi connectivity index (χ0n) is 29.5. The Morgan fingerprint density at radius 2 is 0.978 bits per heavy atom. The summed E-state index contributed by atoms with van der Waals surface area (Å²) in [5.74, 6) is -0.0346. The molecular formula is C39H68O7. The second-order valence-corrected chi connectivity index (χ2v) is 12.8. The summed E-state index contributed by atoms with van der Waals surface area (Å²) in [7, 11) is 0. The van der Waals surface area contributed by atoms with Gasteiger partial charge in [0.2, 0.25) is 0 Å². The van der Waals surface area contributed by atoms with Crippen molar-refractivity contribution in [2.75, 3.05) is 13.2 Å². The lowest BCUT2D eigenvalue weighted by Gasteiger charge is -2.16. The molecule has 0 heterocycles. The van der Waals surface area contributed by atoms with Crippen molar-refractivity contribution in [1.82, 2.24) is 0 Å². The van der Waals surface area contributed by atoms with Gasteiger partial charge in [0.15, 0.2) is 0 Å². The minimum Gasteiger partial charge on any atom is -0.463 e. The maximum atomic E-state index is 12.0. The molecule has 0 aliphatic heterocycles. The Labute approximate surface area is 281 Å². The fourth-order valence-electron chi connectivity index (χ4n) is 4.83. The SMILES string of the molecule is CC/C=C\C/C=C\C/C=C\C/C=C\C[C@H](O)[C@@H](O)CCCC(=O)OC[C@H](O)COC(=O)CCCCCCCCCCCCC(C)C. The molecule has 7 nitrogen and oxygen atoms in total. The van der Waals surface area contributed by atoms with E-state index >= 15 is 0 Å². The third-order valence-corrected chi connectivity index (χ3v) is 7.71. The van der Waals surface area contributed by atoms with E-state index in [2.05, 4.69) is 57.2 Å². The van der Waals surface area contributed by atoms with Crippen molar-refractivity contribution < 1.29 is 34.4 Å². The predicted molar refractivity (Wildman–Crippen MR) is 189 cm³/mol. The van der Waals surface area contributed by atoms with Crippen LogP contribution in [0, 0.1) is 5.92 Å². The van der Waals surface area contributed by atoms with Gasteiger partial charge in [-0.3, -0.25) is 9.59 Å². The van der Waals surface area contributed by atoms with Crippen LogP contribution in [0.15, 0.2) is 48.6 Å². The van der Waals surface area contributed by atoms with E-state index < -0.39 is 24.3 Å². The molecule has 0 rings (SSSR count). The average molecular weight is 649 g/mol. The largest absolute Gasteiger partial charge is 0.463 e. The number of hydrogen-bond donors (Lipinski definition) is 3. The van der Waals surface area contributed by atoms with Crippen LogP contribution in [-0.2, 0) is 19.1 Å². The molecule has 0 aromatic rings. The Morgan fingerprint density at radius 1 is 0.543 bits per heavy atom. The number of esters is 2. The molecular weight excluding hydrogens is 580 g/mol. The minimum atomic E-state index is -1.07. The first-order valence-corrected chi connectivity index (χ1v) is 18.2. The van der Waals surface area contributed by atoms with Crippen LogP contribution < -0.4 is 0 Å². The molecule has 0 aromatic heterocycles. The van der Waals surface area contributed by atoms with Crippen LogP contribution in [0.1, 0.15) is 149 Å². The van der Waals surface area contributed by atoms with Crippen molar-refractivity contribution in [2.45, 2.75) is 167 Å². The van der Waals surface area contributed by atoms with E-state index in [1.807, 2.05) is 12.2 Å². The molecule has 0 bridgehead atoms. The molecule has 0 saturated heterocycles. The number of unbranched alkanes of at least 4 members (excludes halogenated alkanes) is 9. The van der Waals surface area contributed by atoms with E-state index in [1.54, 1.807) is 0 Å². The summed E-state index contributed by atoms with van der Waals surface area (Å²) in [4.78, 5) is 23.9. The number of aliphatic hydroxyl groups excluding tert-OH is 3. The molecule has 46 heavy (non-hydrogen) atoms. The lowest BCUT2D eigenvalue weighted by atomic mass is 10.0. The van der Waals surface area contributed by atoms with Gasteiger partial charge in [-0.25, -0.2) is 0 Å². The van der Waals surface area contributed by atoms with Crippen molar-refractivity contribution in [2.24, 2.45) is 5.92 Å². The van der Waals surface area contributed by atoms with Crippen molar-refractivity contribution in [3.05, 3.63) is 48.6 Å². The maximum absolute atomic E-state index is 12.0. The van der Waals surface area contributed by atoms with Crippen molar-refractivity contribution in [3.8, 4) is 0 Å². The molecule has 7 heteroatoms. The first-order chi connectivity index (χ1) is 22.3. The van der Waals surface area contributed by atoms with Gasteiger partial charge in [-0.1, -0.05) is 134 Å². The van der Waals surface area contributed by atoms with Crippen LogP contribution >= 0.6 is 0 Å². The molecule has 266 valence electrons. The fraction of sp³-hybridized carbons (Fsp3) is 0.744. The van der Waals surface area contributed by atoms with Gasteiger partial charge in [-0.2, -0.15) is 0 Å². The van der Waals surface area contributed by atoms with Crippen LogP contribution in [0.2, 0.25) is 0 Å². The number of ether oxygens (including phenoxy) is 2. The topological polar surface area (TPSA) is 113 Å². The van der Waals surface area contributed by atoms with Gasteiger partial charge < -0.3 is 24.8 Å². The fourth-order valence-corrected chi connectivity index (χ4v) is 4.83. The summed E-state index contributed by atoms with van der Waals surface area (Å²) in [5.41, 5.74) is 0. The average Bonchev–Trinajstić information content (AvgIpc) is 3.03. The van der Waals surface area contributed by atoms with E-state index in [9.17, 15) is 24.9 Å². The number of hydrogen-bond acceptors (Lipinski definition) is 7. The lowest BCUT2D eigenvalue weighted by molar-refractivity contribution is -0.152. The maximum Gasteiger partial charge on any atom is 0.305 e. The standard InChI is InChI=1S/C39H68O7/c1-4-5-6-7-8-9-10-11-15-18-21-24-28-36(41)37(42)29-26-31-39(44)46-33-35(40)32-45-38(43)30-25-22-19-16-13-12-14-17-20-23-27-34(2)3/h5-6,8-9,11,15,21,24,34-37,40-42H,4,7,10,12-14,16-20,22-23,25-33H2,1-3H3/b6-5-,9-8-,15-11-,24-21-/t35-,36+,37+/m1/s1. The second-order valence-electron chi connectivity index (χ2n) is 12.8. The summed E-state index contributed by atoms with van der Waals surface area (Å²) in [6.07, 6.45) is 32.1. The molecule has 0 amide bonds. The zero-order valence-corrected chi connectivity index (χ0v) is 29.5. The highest BCUT2D eigenvalue weighted by Gasteiger charge is 2.16. The van der Waals surface area contributed by atoms with Gasteiger partial charge in [-0.05, 0) is 57.3 Å². The lowest BCUT2D eigenvalue weighted by Crippen LogP contribution is -2.26. The number of rotatable bonds is 31. The molecule has 3 atom stereocenters. The quantitative estimate of drug-likeness (QED) is 0.0391. The smallest absolute Gasteiger partial charge is 0.305 e. The molecule has 0 unspecified atom stereocenters.